The van der Waals surface area contributed by atoms with E-state index in [1.54, 1.807) is 0 Å². The molecule has 1 aliphatic carbocycles. The standard InChI is InChI=1S/C18H27N3O/c1-3-8-19-13(2)16-12-17-15(18(20-16)14-5-6-14)7-10-21(17)9-4-11-22/h7,10,12-14,19,22H,3-6,8-9,11H2,1-2H3. The zero-order chi connectivity index (χ0) is 15.5. The Morgan fingerprint density at radius 2 is 2.27 bits per heavy atom. The number of nitrogens with one attached hydrogen (secondary N) is 1. The van der Waals surface area contributed by atoms with E-state index < -0.39 is 0 Å². The van der Waals surface area contributed by atoms with Gasteiger partial charge in [0.1, 0.15) is 0 Å². The normalized spacial score (nSPS) is 16.3. The van der Waals surface area contributed by atoms with Crippen LogP contribution in [0.1, 0.15) is 62.9 Å². The fraction of sp³-hybridized carbons (Fsp3) is 0.611. The van der Waals surface area contributed by atoms with Crippen molar-refractivity contribution in [3.63, 3.8) is 0 Å². The second-order valence-corrected chi connectivity index (χ2v) is 6.40. The van der Waals surface area contributed by atoms with E-state index in [4.69, 9.17) is 10.1 Å². The smallest absolute Gasteiger partial charge is 0.0595 e. The molecule has 1 unspecified atom stereocenters. The average Bonchev–Trinajstić information content (AvgIpc) is 3.30. The summed E-state index contributed by atoms with van der Waals surface area (Å²) >= 11 is 0. The van der Waals surface area contributed by atoms with Crippen LogP contribution in [0.2, 0.25) is 0 Å². The molecule has 0 spiro atoms. The number of fused-ring (bicyclic) bond motifs is 1. The topological polar surface area (TPSA) is 50.1 Å². The second-order valence-electron chi connectivity index (χ2n) is 6.40. The molecule has 3 rings (SSSR count). The first-order chi connectivity index (χ1) is 10.7. The van der Waals surface area contributed by atoms with Gasteiger partial charge in [-0.15, -0.1) is 0 Å². The molecule has 0 aromatic carbocycles. The molecule has 120 valence electrons. The van der Waals surface area contributed by atoms with Crippen LogP contribution in [0.15, 0.2) is 18.3 Å². The third-order valence-electron chi connectivity index (χ3n) is 4.48. The predicted molar refractivity (Wildman–Crippen MR) is 90.1 cm³/mol. The fourth-order valence-corrected chi connectivity index (χ4v) is 3.03. The van der Waals surface area contributed by atoms with Gasteiger partial charge in [-0.05, 0) is 51.3 Å². The Balaban J connectivity index is 1.97. The molecule has 22 heavy (non-hydrogen) atoms. The molecule has 2 aromatic heterocycles. The number of hydrogen-bond donors (Lipinski definition) is 2. The highest BCUT2D eigenvalue weighted by Crippen LogP contribution is 2.42. The van der Waals surface area contributed by atoms with E-state index in [9.17, 15) is 0 Å². The maximum absolute atomic E-state index is 9.09. The summed E-state index contributed by atoms with van der Waals surface area (Å²) in [6.07, 6.45) is 6.61. The first-order valence-corrected chi connectivity index (χ1v) is 8.58. The Morgan fingerprint density at radius 3 is 2.95 bits per heavy atom. The third kappa shape index (κ3) is 3.18. The highest BCUT2D eigenvalue weighted by molar-refractivity contribution is 5.83. The molecule has 1 saturated carbocycles. The Morgan fingerprint density at radius 1 is 1.45 bits per heavy atom. The number of pyridine rings is 1. The van der Waals surface area contributed by atoms with E-state index in [0.29, 0.717) is 5.92 Å². The molecular formula is C18H27N3O. The van der Waals surface area contributed by atoms with Crippen LogP contribution in [0.25, 0.3) is 10.9 Å². The summed E-state index contributed by atoms with van der Waals surface area (Å²) in [6.45, 7) is 6.50. The summed E-state index contributed by atoms with van der Waals surface area (Å²) in [5, 5.41) is 13.9. The van der Waals surface area contributed by atoms with Crippen molar-refractivity contribution in [1.29, 1.82) is 0 Å². The lowest BCUT2D eigenvalue weighted by atomic mass is 10.1. The fourth-order valence-electron chi connectivity index (χ4n) is 3.03. The van der Waals surface area contributed by atoms with Crippen LogP contribution < -0.4 is 5.32 Å². The van der Waals surface area contributed by atoms with Gasteiger partial charge in [0.05, 0.1) is 16.9 Å². The molecule has 1 atom stereocenters. The van der Waals surface area contributed by atoms with Crippen LogP contribution in [0.3, 0.4) is 0 Å². The number of aliphatic hydroxyl groups is 1. The quantitative estimate of drug-likeness (QED) is 0.786. The number of rotatable bonds is 8. The summed E-state index contributed by atoms with van der Waals surface area (Å²) < 4.78 is 2.26. The van der Waals surface area contributed by atoms with Gasteiger partial charge in [-0.3, -0.25) is 4.98 Å². The molecule has 0 radical (unpaired) electrons. The van der Waals surface area contributed by atoms with E-state index in [2.05, 4.69) is 42.1 Å². The SMILES string of the molecule is CCCNC(C)c1cc2c(ccn2CCCO)c(C2CC2)n1. The number of aromatic nitrogens is 2. The van der Waals surface area contributed by atoms with Crippen LogP contribution >= 0.6 is 0 Å². The van der Waals surface area contributed by atoms with Gasteiger partial charge in [0, 0.05) is 36.7 Å². The molecule has 1 fully saturated rings. The van der Waals surface area contributed by atoms with Gasteiger partial charge < -0.3 is 15.0 Å². The Kier molecular flexibility index (Phi) is 4.79. The molecule has 4 heteroatoms. The van der Waals surface area contributed by atoms with Gasteiger partial charge in [0.15, 0.2) is 0 Å². The maximum Gasteiger partial charge on any atom is 0.0595 e. The van der Waals surface area contributed by atoms with Crippen molar-refractivity contribution < 1.29 is 5.11 Å². The summed E-state index contributed by atoms with van der Waals surface area (Å²) in [5.41, 5.74) is 3.69. The molecule has 0 saturated heterocycles. The van der Waals surface area contributed by atoms with E-state index in [-0.39, 0.29) is 12.6 Å². The second kappa shape index (κ2) is 6.80. The summed E-state index contributed by atoms with van der Waals surface area (Å²) in [7, 11) is 0. The van der Waals surface area contributed by atoms with Crippen molar-refractivity contribution in [2.24, 2.45) is 0 Å². The largest absolute Gasteiger partial charge is 0.396 e. The molecular weight excluding hydrogens is 274 g/mol. The molecule has 0 bridgehead atoms. The first kappa shape index (κ1) is 15.5. The van der Waals surface area contributed by atoms with E-state index in [1.807, 2.05) is 0 Å². The van der Waals surface area contributed by atoms with Crippen LogP contribution in [-0.2, 0) is 6.54 Å². The van der Waals surface area contributed by atoms with Crippen molar-refractivity contribution in [2.45, 2.75) is 58.0 Å². The molecule has 4 nitrogen and oxygen atoms in total. The molecule has 0 aliphatic heterocycles. The lowest BCUT2D eigenvalue weighted by molar-refractivity contribution is 0.280. The van der Waals surface area contributed by atoms with Crippen molar-refractivity contribution in [2.75, 3.05) is 13.2 Å². The maximum atomic E-state index is 9.09. The minimum Gasteiger partial charge on any atom is -0.396 e. The van der Waals surface area contributed by atoms with E-state index in [1.165, 1.54) is 29.4 Å². The van der Waals surface area contributed by atoms with Crippen molar-refractivity contribution in [3.8, 4) is 0 Å². The Bertz CT molecular complexity index is 631. The van der Waals surface area contributed by atoms with Crippen LogP contribution in [0.4, 0.5) is 0 Å². The molecule has 2 heterocycles. The molecule has 1 aliphatic rings. The van der Waals surface area contributed by atoms with Gasteiger partial charge in [-0.1, -0.05) is 6.92 Å². The minimum absolute atomic E-state index is 0.238. The number of aryl methyl sites for hydroxylation is 1. The highest BCUT2D eigenvalue weighted by atomic mass is 16.3. The lowest BCUT2D eigenvalue weighted by Crippen LogP contribution is -2.20. The predicted octanol–water partition coefficient (Wildman–Crippen LogP) is 3.36. The Hall–Kier alpha value is -1.39. The molecule has 2 N–H and O–H groups in total. The highest BCUT2D eigenvalue weighted by Gasteiger charge is 2.28. The lowest BCUT2D eigenvalue weighted by Gasteiger charge is -2.15. The Labute approximate surface area is 132 Å². The first-order valence-electron chi connectivity index (χ1n) is 8.58. The molecule has 2 aromatic rings. The zero-order valence-corrected chi connectivity index (χ0v) is 13.7. The van der Waals surface area contributed by atoms with Crippen molar-refractivity contribution >= 4 is 10.9 Å². The van der Waals surface area contributed by atoms with Gasteiger partial charge in [0.2, 0.25) is 0 Å². The summed E-state index contributed by atoms with van der Waals surface area (Å²) in [6, 6.07) is 4.70. The monoisotopic (exact) mass is 301 g/mol. The zero-order valence-electron chi connectivity index (χ0n) is 13.7. The molecule has 0 amide bonds. The number of nitrogens with zero attached hydrogens (tertiary/aromatic N) is 2. The van der Waals surface area contributed by atoms with E-state index >= 15 is 0 Å². The van der Waals surface area contributed by atoms with Crippen LogP contribution in [0, 0.1) is 0 Å². The van der Waals surface area contributed by atoms with Crippen molar-refractivity contribution in [1.82, 2.24) is 14.9 Å². The minimum atomic E-state index is 0.238. The van der Waals surface area contributed by atoms with Crippen molar-refractivity contribution in [3.05, 3.63) is 29.7 Å². The summed E-state index contributed by atoms with van der Waals surface area (Å²) in [5.74, 6) is 0.648. The summed E-state index contributed by atoms with van der Waals surface area (Å²) in [4.78, 5) is 4.98. The number of hydrogen-bond acceptors (Lipinski definition) is 3. The van der Waals surface area contributed by atoms with E-state index in [0.717, 1.165) is 31.6 Å². The van der Waals surface area contributed by atoms with Gasteiger partial charge in [-0.2, -0.15) is 0 Å². The van der Waals surface area contributed by atoms with Gasteiger partial charge in [0.25, 0.3) is 0 Å². The van der Waals surface area contributed by atoms with Crippen LogP contribution in [-0.4, -0.2) is 27.8 Å². The third-order valence-corrected chi connectivity index (χ3v) is 4.48. The average molecular weight is 301 g/mol. The van der Waals surface area contributed by atoms with Gasteiger partial charge >= 0.3 is 0 Å². The van der Waals surface area contributed by atoms with Gasteiger partial charge in [-0.25, -0.2) is 0 Å². The van der Waals surface area contributed by atoms with Crippen LogP contribution in [0.5, 0.6) is 0 Å². The number of aliphatic hydroxyl groups excluding tert-OH is 1.